The lowest BCUT2D eigenvalue weighted by Crippen LogP contribution is -2.54. The summed E-state index contributed by atoms with van der Waals surface area (Å²) in [6.07, 6.45) is 5.02. The molecule has 2 rings (SSSR count). The van der Waals surface area contributed by atoms with E-state index in [2.05, 4.69) is 17.1 Å². The normalized spacial score (nSPS) is 37.6. The molecule has 3 atom stereocenters. The van der Waals surface area contributed by atoms with Crippen molar-refractivity contribution in [3.05, 3.63) is 0 Å². The van der Waals surface area contributed by atoms with Gasteiger partial charge in [0, 0.05) is 19.7 Å². The van der Waals surface area contributed by atoms with E-state index in [4.69, 9.17) is 9.47 Å². The molecule has 2 aliphatic rings. The SMILES string of the molecule is CCNC1(C(=O)OC)CCC(N2CCCC(C)(OC)C2)C1. The zero-order valence-corrected chi connectivity index (χ0v) is 13.9. The number of nitrogens with zero attached hydrogens (tertiary/aromatic N) is 1. The molecule has 0 aromatic rings. The van der Waals surface area contributed by atoms with Crippen LogP contribution in [0.25, 0.3) is 0 Å². The number of carbonyl (C=O) groups excluding carboxylic acids is 1. The molecule has 1 aliphatic carbocycles. The van der Waals surface area contributed by atoms with Crippen molar-refractivity contribution in [2.24, 2.45) is 0 Å². The van der Waals surface area contributed by atoms with Crippen molar-refractivity contribution in [2.45, 2.75) is 63.1 Å². The lowest BCUT2D eigenvalue weighted by molar-refractivity contribution is -0.148. The van der Waals surface area contributed by atoms with Crippen molar-refractivity contribution >= 4 is 5.97 Å². The first-order chi connectivity index (χ1) is 9.98. The second-order valence-electron chi connectivity index (χ2n) is 6.73. The van der Waals surface area contributed by atoms with E-state index in [1.54, 1.807) is 7.11 Å². The Kier molecular flexibility index (Phi) is 5.28. The fraction of sp³-hybridized carbons (Fsp3) is 0.938. The van der Waals surface area contributed by atoms with Crippen molar-refractivity contribution in [1.82, 2.24) is 10.2 Å². The van der Waals surface area contributed by atoms with Crippen LogP contribution < -0.4 is 5.32 Å². The van der Waals surface area contributed by atoms with Crippen LogP contribution in [0.1, 0.15) is 46.0 Å². The number of hydrogen-bond donors (Lipinski definition) is 1. The summed E-state index contributed by atoms with van der Waals surface area (Å²) in [6.45, 7) is 7.08. The van der Waals surface area contributed by atoms with Crippen LogP contribution in [0.15, 0.2) is 0 Å². The van der Waals surface area contributed by atoms with Crippen LogP contribution >= 0.6 is 0 Å². The van der Waals surface area contributed by atoms with Crippen LogP contribution in [0, 0.1) is 0 Å². The topological polar surface area (TPSA) is 50.8 Å². The number of carbonyl (C=O) groups is 1. The smallest absolute Gasteiger partial charge is 0.326 e. The van der Waals surface area contributed by atoms with Crippen LogP contribution in [-0.4, -0.2) is 61.9 Å². The summed E-state index contributed by atoms with van der Waals surface area (Å²) in [4.78, 5) is 14.7. The third kappa shape index (κ3) is 3.41. The van der Waals surface area contributed by atoms with Gasteiger partial charge in [-0.05, 0) is 52.1 Å². The van der Waals surface area contributed by atoms with Crippen molar-refractivity contribution in [3.63, 3.8) is 0 Å². The molecule has 3 unspecified atom stereocenters. The minimum atomic E-state index is -0.491. The van der Waals surface area contributed by atoms with Gasteiger partial charge in [0.15, 0.2) is 0 Å². The maximum Gasteiger partial charge on any atom is 0.326 e. The van der Waals surface area contributed by atoms with Gasteiger partial charge in [-0.25, -0.2) is 0 Å². The molecule has 0 bridgehead atoms. The number of esters is 1. The van der Waals surface area contributed by atoms with E-state index < -0.39 is 5.54 Å². The highest BCUT2D eigenvalue weighted by Gasteiger charge is 2.48. The third-order valence-electron chi connectivity index (χ3n) is 5.28. The molecule has 0 spiro atoms. The predicted octanol–water partition coefficient (Wildman–Crippen LogP) is 1.56. The molecule has 2 fully saturated rings. The standard InChI is InChI=1S/C16H30N2O3/c1-5-17-16(14(19)20-3)9-7-13(11-16)18-10-6-8-15(2,12-18)21-4/h13,17H,5-12H2,1-4H3. The first kappa shape index (κ1) is 16.7. The fourth-order valence-corrected chi connectivity index (χ4v) is 4.01. The van der Waals surface area contributed by atoms with Gasteiger partial charge in [-0.15, -0.1) is 0 Å². The number of rotatable bonds is 5. The molecule has 1 N–H and O–H groups in total. The summed E-state index contributed by atoms with van der Waals surface area (Å²) in [5, 5.41) is 3.38. The molecule has 0 aromatic heterocycles. The van der Waals surface area contributed by atoms with E-state index in [9.17, 15) is 4.79 Å². The van der Waals surface area contributed by atoms with Crippen molar-refractivity contribution in [2.75, 3.05) is 33.9 Å². The number of piperidine rings is 1. The van der Waals surface area contributed by atoms with Crippen molar-refractivity contribution in [1.29, 1.82) is 0 Å². The van der Waals surface area contributed by atoms with E-state index in [0.29, 0.717) is 6.04 Å². The van der Waals surface area contributed by atoms with Gasteiger partial charge < -0.3 is 14.8 Å². The molecule has 21 heavy (non-hydrogen) atoms. The summed E-state index contributed by atoms with van der Waals surface area (Å²) >= 11 is 0. The molecule has 5 heteroatoms. The first-order valence-corrected chi connectivity index (χ1v) is 8.11. The average molecular weight is 298 g/mol. The number of hydrogen-bond acceptors (Lipinski definition) is 5. The summed E-state index contributed by atoms with van der Waals surface area (Å²) in [7, 11) is 3.28. The van der Waals surface area contributed by atoms with E-state index >= 15 is 0 Å². The van der Waals surface area contributed by atoms with Gasteiger partial charge in [0.2, 0.25) is 0 Å². The predicted molar refractivity (Wildman–Crippen MR) is 82.3 cm³/mol. The minimum absolute atomic E-state index is 0.0487. The van der Waals surface area contributed by atoms with Crippen LogP contribution in [-0.2, 0) is 14.3 Å². The largest absolute Gasteiger partial charge is 0.468 e. The van der Waals surface area contributed by atoms with Gasteiger partial charge in [0.25, 0.3) is 0 Å². The number of ether oxygens (including phenoxy) is 2. The molecule has 1 heterocycles. The molecule has 1 saturated carbocycles. The lowest BCUT2D eigenvalue weighted by atomic mass is 9.92. The molecule has 0 radical (unpaired) electrons. The number of methoxy groups -OCH3 is 2. The van der Waals surface area contributed by atoms with Gasteiger partial charge in [-0.3, -0.25) is 9.69 Å². The maximum atomic E-state index is 12.2. The van der Waals surface area contributed by atoms with E-state index in [1.165, 1.54) is 7.11 Å². The van der Waals surface area contributed by atoms with Crippen molar-refractivity contribution < 1.29 is 14.3 Å². The molecule has 1 aliphatic heterocycles. The number of likely N-dealkylation sites (tertiary alicyclic amines) is 1. The Bertz CT molecular complexity index is 377. The highest BCUT2D eigenvalue weighted by molar-refractivity contribution is 5.81. The Morgan fingerprint density at radius 2 is 2.14 bits per heavy atom. The lowest BCUT2D eigenvalue weighted by Gasteiger charge is -2.42. The van der Waals surface area contributed by atoms with Crippen LogP contribution in [0.2, 0.25) is 0 Å². The van der Waals surface area contributed by atoms with Gasteiger partial charge >= 0.3 is 5.97 Å². The molecular formula is C16H30N2O3. The molecular weight excluding hydrogens is 268 g/mol. The Balaban J connectivity index is 2.05. The Labute approximate surface area is 128 Å². The zero-order valence-electron chi connectivity index (χ0n) is 13.9. The summed E-state index contributed by atoms with van der Waals surface area (Å²) < 4.78 is 10.7. The Hall–Kier alpha value is -0.650. The number of likely N-dealkylation sites (N-methyl/N-ethyl adjacent to an activating group) is 1. The monoisotopic (exact) mass is 298 g/mol. The van der Waals surface area contributed by atoms with Crippen LogP contribution in [0.3, 0.4) is 0 Å². The molecule has 5 nitrogen and oxygen atoms in total. The van der Waals surface area contributed by atoms with E-state index in [-0.39, 0.29) is 11.6 Å². The minimum Gasteiger partial charge on any atom is -0.468 e. The van der Waals surface area contributed by atoms with Crippen LogP contribution in [0.5, 0.6) is 0 Å². The highest BCUT2D eigenvalue weighted by Crippen LogP contribution is 2.37. The van der Waals surface area contributed by atoms with Gasteiger partial charge in [-0.1, -0.05) is 6.92 Å². The zero-order chi connectivity index (χ0) is 15.5. The van der Waals surface area contributed by atoms with Crippen molar-refractivity contribution in [3.8, 4) is 0 Å². The second kappa shape index (κ2) is 6.63. The highest BCUT2D eigenvalue weighted by atomic mass is 16.5. The number of nitrogens with one attached hydrogen (secondary N) is 1. The van der Waals surface area contributed by atoms with Gasteiger partial charge in [0.1, 0.15) is 5.54 Å². The fourth-order valence-electron chi connectivity index (χ4n) is 4.01. The quantitative estimate of drug-likeness (QED) is 0.781. The molecule has 122 valence electrons. The first-order valence-electron chi connectivity index (χ1n) is 8.11. The molecule has 1 saturated heterocycles. The molecule has 0 aromatic carbocycles. The van der Waals surface area contributed by atoms with E-state index in [0.717, 1.165) is 51.7 Å². The third-order valence-corrected chi connectivity index (χ3v) is 5.28. The van der Waals surface area contributed by atoms with Gasteiger partial charge in [0.05, 0.1) is 12.7 Å². The van der Waals surface area contributed by atoms with Gasteiger partial charge in [-0.2, -0.15) is 0 Å². The Morgan fingerprint density at radius 1 is 1.38 bits per heavy atom. The van der Waals surface area contributed by atoms with Crippen LogP contribution in [0.4, 0.5) is 0 Å². The maximum absolute atomic E-state index is 12.2. The van der Waals surface area contributed by atoms with E-state index in [1.807, 2.05) is 6.92 Å². The summed E-state index contributed by atoms with van der Waals surface area (Å²) in [5.74, 6) is -0.113. The summed E-state index contributed by atoms with van der Waals surface area (Å²) in [6, 6.07) is 0.443. The average Bonchev–Trinajstić information content (AvgIpc) is 2.92. The molecule has 0 amide bonds. The summed E-state index contributed by atoms with van der Waals surface area (Å²) in [5.41, 5.74) is -0.540. The Morgan fingerprint density at radius 3 is 2.76 bits per heavy atom. The second-order valence-corrected chi connectivity index (χ2v) is 6.73.